The van der Waals surface area contributed by atoms with Crippen molar-refractivity contribution in [2.45, 2.75) is 18.7 Å². The molecule has 3 rings (SSSR count). The summed E-state index contributed by atoms with van der Waals surface area (Å²) in [6.45, 7) is 3.48. The Morgan fingerprint density at radius 2 is 1.93 bits per heavy atom. The highest BCUT2D eigenvalue weighted by atomic mass is 32.2. The molecule has 0 aliphatic heterocycles. The number of sulfonamides is 1. The van der Waals surface area contributed by atoms with Crippen LogP contribution < -0.4 is 9.83 Å². The summed E-state index contributed by atoms with van der Waals surface area (Å²) in [4.78, 5) is 22.9. The van der Waals surface area contributed by atoms with Crippen LogP contribution in [0.5, 0.6) is 0 Å². The molecule has 8 nitrogen and oxygen atoms in total. The maximum atomic E-state index is 12.6. The smallest absolute Gasteiger partial charge is 0.342 e. The van der Waals surface area contributed by atoms with Gasteiger partial charge in [0.05, 0.1) is 17.5 Å². The van der Waals surface area contributed by atoms with Gasteiger partial charge in [-0.2, -0.15) is 0 Å². The van der Waals surface area contributed by atoms with Crippen LogP contribution in [0.2, 0.25) is 0 Å². The van der Waals surface area contributed by atoms with Gasteiger partial charge in [0.2, 0.25) is 0 Å². The van der Waals surface area contributed by atoms with Crippen molar-refractivity contribution in [1.29, 1.82) is 0 Å². The van der Waals surface area contributed by atoms with E-state index in [0.717, 1.165) is 6.07 Å². The van der Waals surface area contributed by atoms with Crippen molar-refractivity contribution in [3.63, 3.8) is 0 Å². The van der Waals surface area contributed by atoms with Crippen molar-refractivity contribution in [1.82, 2.24) is 0 Å². The lowest BCUT2D eigenvalue weighted by Gasteiger charge is -2.10. The molecule has 1 heterocycles. The molecule has 146 valence electrons. The first-order valence-corrected chi connectivity index (χ1v) is 9.75. The number of aryl methyl sites for hydroxylation is 1. The quantitative estimate of drug-likeness (QED) is 0.626. The minimum atomic E-state index is -4.06. The van der Waals surface area contributed by atoms with Crippen LogP contribution in [0.1, 0.15) is 33.4 Å². The predicted molar refractivity (Wildman–Crippen MR) is 98.5 cm³/mol. The van der Waals surface area contributed by atoms with E-state index >= 15 is 0 Å². The first-order valence-electron chi connectivity index (χ1n) is 8.27. The largest absolute Gasteiger partial charge is 0.545 e. The number of rotatable bonds is 6. The highest BCUT2D eigenvalue weighted by Gasteiger charge is 2.21. The Hall–Kier alpha value is -3.33. The van der Waals surface area contributed by atoms with Gasteiger partial charge in [-0.05, 0) is 49.7 Å². The van der Waals surface area contributed by atoms with Crippen molar-refractivity contribution in [2.75, 3.05) is 11.3 Å². The molecule has 0 bridgehead atoms. The van der Waals surface area contributed by atoms with E-state index < -0.39 is 22.0 Å². The number of fused-ring (bicyclic) bond motifs is 1. The van der Waals surface area contributed by atoms with Crippen LogP contribution in [0.4, 0.5) is 5.69 Å². The van der Waals surface area contributed by atoms with Crippen molar-refractivity contribution in [3.05, 3.63) is 59.4 Å². The minimum absolute atomic E-state index is 0.178. The number of nitrogens with one attached hydrogen (secondary N) is 1. The van der Waals surface area contributed by atoms with Gasteiger partial charge in [0.15, 0.2) is 0 Å². The number of hydrogen-bond acceptors (Lipinski definition) is 7. The van der Waals surface area contributed by atoms with Crippen LogP contribution in [0.3, 0.4) is 0 Å². The second kappa shape index (κ2) is 7.35. The summed E-state index contributed by atoms with van der Waals surface area (Å²) in [6.07, 6.45) is 0. The lowest BCUT2D eigenvalue weighted by Crippen LogP contribution is -2.23. The molecule has 0 unspecified atom stereocenters. The highest BCUT2D eigenvalue weighted by molar-refractivity contribution is 7.92. The summed E-state index contributed by atoms with van der Waals surface area (Å²) in [5, 5.41) is 11.4. The molecule has 28 heavy (non-hydrogen) atoms. The number of carbonyl (C=O) groups excluding carboxylic acids is 2. The van der Waals surface area contributed by atoms with Gasteiger partial charge in [0, 0.05) is 11.1 Å². The van der Waals surface area contributed by atoms with Crippen LogP contribution in [0, 0.1) is 6.92 Å². The van der Waals surface area contributed by atoms with E-state index in [0.29, 0.717) is 16.7 Å². The van der Waals surface area contributed by atoms with E-state index in [-0.39, 0.29) is 28.3 Å². The fraction of sp³-hybridized carbons (Fsp3) is 0.158. The summed E-state index contributed by atoms with van der Waals surface area (Å²) in [6, 6.07) is 9.27. The lowest BCUT2D eigenvalue weighted by molar-refractivity contribution is -0.255. The zero-order chi connectivity index (χ0) is 20.5. The maximum Gasteiger partial charge on any atom is 0.342 e. The van der Waals surface area contributed by atoms with Crippen molar-refractivity contribution < 1.29 is 32.3 Å². The minimum Gasteiger partial charge on any atom is -0.545 e. The van der Waals surface area contributed by atoms with E-state index in [1.54, 1.807) is 13.8 Å². The number of ether oxygens (including phenoxy) is 1. The molecular formula is C19H16NO7S-. The van der Waals surface area contributed by atoms with Crippen LogP contribution in [0.15, 0.2) is 51.8 Å². The van der Waals surface area contributed by atoms with E-state index in [4.69, 9.17) is 9.15 Å². The van der Waals surface area contributed by atoms with Crippen LogP contribution in [-0.4, -0.2) is 27.0 Å². The molecule has 1 N–H and O–H groups in total. The summed E-state index contributed by atoms with van der Waals surface area (Å²) >= 11 is 0. The van der Waals surface area contributed by atoms with Crippen LogP contribution in [-0.2, 0) is 14.8 Å². The third kappa shape index (κ3) is 3.70. The summed E-state index contributed by atoms with van der Waals surface area (Å²) in [5.74, 6) is -1.69. The molecular weight excluding hydrogens is 386 g/mol. The Balaban J connectivity index is 2.00. The molecule has 0 spiro atoms. The lowest BCUT2D eigenvalue weighted by atomic mass is 10.1. The van der Waals surface area contributed by atoms with Gasteiger partial charge in [-0.25, -0.2) is 13.2 Å². The van der Waals surface area contributed by atoms with E-state index in [9.17, 15) is 23.1 Å². The second-order valence-corrected chi connectivity index (χ2v) is 7.57. The van der Waals surface area contributed by atoms with E-state index in [2.05, 4.69) is 4.72 Å². The van der Waals surface area contributed by atoms with Crippen LogP contribution in [0.25, 0.3) is 11.0 Å². The summed E-state index contributed by atoms with van der Waals surface area (Å²) in [5.41, 5.74) is 0.547. The molecule has 0 aliphatic carbocycles. The van der Waals surface area contributed by atoms with Gasteiger partial charge in [0.25, 0.3) is 10.0 Å². The topological polar surface area (TPSA) is 126 Å². The molecule has 9 heteroatoms. The van der Waals surface area contributed by atoms with Crippen molar-refractivity contribution >= 4 is 38.6 Å². The number of aromatic carboxylic acids is 1. The fourth-order valence-corrected chi connectivity index (χ4v) is 3.84. The zero-order valence-corrected chi connectivity index (χ0v) is 15.8. The molecule has 0 radical (unpaired) electrons. The normalized spacial score (nSPS) is 11.4. The number of benzene rings is 2. The van der Waals surface area contributed by atoms with E-state index in [1.165, 1.54) is 36.4 Å². The Kier molecular flexibility index (Phi) is 5.10. The summed E-state index contributed by atoms with van der Waals surface area (Å²) in [7, 11) is -4.06. The first kappa shape index (κ1) is 19.4. The standard InChI is InChI=1S/C19H17NO7S/c1-3-26-19(23)17-11(2)27-16-8-7-13(10-15(16)17)20-28(24,25)14-6-4-5-12(9-14)18(21)22/h4-10,20H,3H2,1-2H3,(H,21,22)/p-1. The Morgan fingerprint density at radius 1 is 1.18 bits per heavy atom. The Bertz CT molecular complexity index is 1180. The fourth-order valence-electron chi connectivity index (χ4n) is 2.74. The number of carboxylic acid groups (broad SMARTS) is 1. The molecule has 0 fully saturated rings. The monoisotopic (exact) mass is 402 g/mol. The van der Waals surface area contributed by atoms with Crippen LogP contribution >= 0.6 is 0 Å². The average molecular weight is 402 g/mol. The Labute approximate surface area is 160 Å². The van der Waals surface area contributed by atoms with Crippen molar-refractivity contribution in [3.8, 4) is 0 Å². The van der Waals surface area contributed by atoms with Gasteiger partial charge < -0.3 is 19.1 Å². The maximum absolute atomic E-state index is 12.6. The summed E-state index contributed by atoms with van der Waals surface area (Å²) < 4.78 is 38.1. The average Bonchev–Trinajstić information content (AvgIpc) is 2.97. The van der Waals surface area contributed by atoms with Gasteiger partial charge in [-0.15, -0.1) is 0 Å². The molecule has 0 aliphatic rings. The number of anilines is 1. The first-order chi connectivity index (χ1) is 13.2. The number of carboxylic acids is 1. The SMILES string of the molecule is CCOC(=O)c1c(C)oc2ccc(NS(=O)(=O)c3cccc(C(=O)[O-])c3)cc12. The third-order valence-electron chi connectivity index (χ3n) is 3.98. The Morgan fingerprint density at radius 3 is 2.61 bits per heavy atom. The molecule has 0 atom stereocenters. The second-order valence-electron chi connectivity index (χ2n) is 5.89. The number of furan rings is 1. The zero-order valence-electron chi connectivity index (χ0n) is 15.0. The molecule has 3 aromatic rings. The molecule has 0 amide bonds. The molecule has 0 saturated heterocycles. The molecule has 2 aromatic carbocycles. The third-order valence-corrected chi connectivity index (χ3v) is 5.35. The number of carbonyl (C=O) groups is 2. The predicted octanol–water partition coefficient (Wildman–Crippen LogP) is 2.08. The van der Waals surface area contributed by atoms with Gasteiger partial charge in [-0.3, -0.25) is 4.72 Å². The van der Waals surface area contributed by atoms with Gasteiger partial charge in [-0.1, -0.05) is 12.1 Å². The van der Waals surface area contributed by atoms with E-state index in [1.807, 2.05) is 0 Å². The van der Waals surface area contributed by atoms with Gasteiger partial charge >= 0.3 is 5.97 Å². The number of esters is 1. The van der Waals surface area contributed by atoms with Gasteiger partial charge in [0.1, 0.15) is 16.9 Å². The van der Waals surface area contributed by atoms with Crippen molar-refractivity contribution in [2.24, 2.45) is 0 Å². The number of hydrogen-bond donors (Lipinski definition) is 1. The molecule has 1 aromatic heterocycles. The molecule has 0 saturated carbocycles. The highest BCUT2D eigenvalue weighted by Crippen LogP contribution is 2.29.